The van der Waals surface area contributed by atoms with Gasteiger partial charge in [-0.25, -0.2) is 0 Å². The molecule has 3 heterocycles. The van der Waals surface area contributed by atoms with Crippen LogP contribution in [0.15, 0.2) is 18.6 Å². The number of aromatic nitrogens is 4. The van der Waals surface area contributed by atoms with Gasteiger partial charge in [-0.3, -0.25) is 9.36 Å². The number of rotatable bonds is 1. The zero-order valence-corrected chi connectivity index (χ0v) is 11.1. The summed E-state index contributed by atoms with van der Waals surface area (Å²) < 4.78 is 4.09. The minimum absolute atomic E-state index is 0.0176. The number of hydrogen-bond donors (Lipinski definition) is 1. The Labute approximate surface area is 107 Å². The van der Waals surface area contributed by atoms with Crippen molar-refractivity contribution >= 4 is 0 Å². The van der Waals surface area contributed by atoms with Crippen molar-refractivity contribution in [2.45, 2.75) is 39.4 Å². The number of hydrogen-bond acceptors (Lipinski definition) is 3. The Bertz CT molecular complexity index is 558. The lowest BCUT2D eigenvalue weighted by molar-refractivity contribution is 0.355. The molecule has 5 heteroatoms. The van der Waals surface area contributed by atoms with Gasteiger partial charge in [0.1, 0.15) is 0 Å². The van der Waals surface area contributed by atoms with E-state index in [0.29, 0.717) is 0 Å². The first-order valence-electron chi connectivity index (χ1n) is 6.36. The van der Waals surface area contributed by atoms with Gasteiger partial charge in [-0.1, -0.05) is 0 Å². The van der Waals surface area contributed by atoms with Crippen molar-refractivity contribution in [2.75, 3.05) is 6.54 Å². The molecule has 1 N–H and O–H groups in total. The molecule has 0 atom stereocenters. The third-order valence-electron chi connectivity index (χ3n) is 3.32. The number of fused-ring (bicyclic) bond motifs is 1. The quantitative estimate of drug-likeness (QED) is 0.830. The van der Waals surface area contributed by atoms with E-state index in [1.165, 1.54) is 11.3 Å². The highest BCUT2D eigenvalue weighted by molar-refractivity contribution is 5.64. The van der Waals surface area contributed by atoms with Crippen LogP contribution in [0.2, 0.25) is 0 Å². The van der Waals surface area contributed by atoms with E-state index >= 15 is 0 Å². The molecule has 3 rings (SSSR count). The Kier molecular flexibility index (Phi) is 2.52. The highest BCUT2D eigenvalue weighted by Crippen LogP contribution is 2.26. The normalized spacial score (nSPS) is 15.7. The lowest BCUT2D eigenvalue weighted by Gasteiger charge is -2.18. The van der Waals surface area contributed by atoms with Gasteiger partial charge in [0, 0.05) is 30.4 Å². The summed E-state index contributed by atoms with van der Waals surface area (Å²) in [6, 6.07) is 0. The van der Waals surface area contributed by atoms with Crippen LogP contribution in [0.1, 0.15) is 26.5 Å². The Morgan fingerprint density at radius 3 is 2.78 bits per heavy atom. The first kappa shape index (κ1) is 11.5. The van der Waals surface area contributed by atoms with E-state index < -0.39 is 0 Å². The molecule has 0 spiro atoms. The minimum atomic E-state index is 0.0176. The highest BCUT2D eigenvalue weighted by atomic mass is 15.3. The Balaban J connectivity index is 2.00. The van der Waals surface area contributed by atoms with Crippen LogP contribution < -0.4 is 5.32 Å². The summed E-state index contributed by atoms with van der Waals surface area (Å²) >= 11 is 0. The van der Waals surface area contributed by atoms with E-state index in [1.54, 1.807) is 0 Å². The van der Waals surface area contributed by atoms with Crippen molar-refractivity contribution in [1.82, 2.24) is 24.9 Å². The van der Waals surface area contributed by atoms with E-state index in [0.717, 1.165) is 25.2 Å². The standard InChI is InChI=1S/C13H19N5/c1-13(2,3)18-9-10(6-16-18)11-7-15-17-5-4-14-8-12(11)17/h6-7,9,14H,4-5,8H2,1-3H3. The number of nitrogens with one attached hydrogen (secondary N) is 1. The lowest BCUT2D eigenvalue weighted by atomic mass is 10.1. The highest BCUT2D eigenvalue weighted by Gasteiger charge is 2.19. The maximum absolute atomic E-state index is 4.45. The monoisotopic (exact) mass is 245 g/mol. The average molecular weight is 245 g/mol. The summed E-state index contributed by atoms with van der Waals surface area (Å²) in [5.74, 6) is 0. The van der Waals surface area contributed by atoms with E-state index in [9.17, 15) is 0 Å². The first-order valence-corrected chi connectivity index (χ1v) is 6.36. The zero-order chi connectivity index (χ0) is 12.8. The minimum Gasteiger partial charge on any atom is -0.309 e. The maximum Gasteiger partial charge on any atom is 0.0602 e. The number of nitrogens with zero attached hydrogens (tertiary/aromatic N) is 4. The van der Waals surface area contributed by atoms with Crippen molar-refractivity contribution in [3.63, 3.8) is 0 Å². The van der Waals surface area contributed by atoms with Gasteiger partial charge < -0.3 is 5.32 Å². The van der Waals surface area contributed by atoms with E-state index in [4.69, 9.17) is 0 Å². The predicted octanol–water partition coefficient (Wildman–Crippen LogP) is 1.60. The summed E-state index contributed by atoms with van der Waals surface area (Å²) in [7, 11) is 0. The molecule has 0 aliphatic carbocycles. The molecule has 0 bridgehead atoms. The largest absolute Gasteiger partial charge is 0.309 e. The second-order valence-corrected chi connectivity index (χ2v) is 5.75. The van der Waals surface area contributed by atoms with Crippen LogP contribution in [-0.2, 0) is 18.6 Å². The molecule has 96 valence electrons. The van der Waals surface area contributed by atoms with Gasteiger partial charge in [0.05, 0.1) is 30.2 Å². The molecular weight excluding hydrogens is 226 g/mol. The van der Waals surface area contributed by atoms with E-state index in [1.807, 2.05) is 17.1 Å². The van der Waals surface area contributed by atoms with Crippen molar-refractivity contribution in [1.29, 1.82) is 0 Å². The fourth-order valence-electron chi connectivity index (χ4n) is 2.25. The molecule has 2 aromatic rings. The molecular formula is C13H19N5. The third-order valence-corrected chi connectivity index (χ3v) is 3.32. The summed E-state index contributed by atoms with van der Waals surface area (Å²) in [5.41, 5.74) is 3.62. The molecule has 0 unspecified atom stereocenters. The molecule has 18 heavy (non-hydrogen) atoms. The fraction of sp³-hybridized carbons (Fsp3) is 0.538. The van der Waals surface area contributed by atoms with Crippen molar-refractivity contribution in [3.05, 3.63) is 24.3 Å². The van der Waals surface area contributed by atoms with Crippen LogP contribution in [0.5, 0.6) is 0 Å². The molecule has 0 fully saturated rings. The van der Waals surface area contributed by atoms with E-state index in [-0.39, 0.29) is 5.54 Å². The zero-order valence-electron chi connectivity index (χ0n) is 11.1. The van der Waals surface area contributed by atoms with Gasteiger partial charge >= 0.3 is 0 Å². The second-order valence-electron chi connectivity index (χ2n) is 5.75. The van der Waals surface area contributed by atoms with Crippen LogP contribution in [0.25, 0.3) is 11.1 Å². The van der Waals surface area contributed by atoms with Gasteiger partial charge in [-0.15, -0.1) is 0 Å². The molecule has 1 aliphatic rings. The van der Waals surface area contributed by atoms with Crippen LogP contribution in [0.4, 0.5) is 0 Å². The molecule has 0 radical (unpaired) electrons. The average Bonchev–Trinajstić information content (AvgIpc) is 2.94. The van der Waals surface area contributed by atoms with Gasteiger partial charge in [-0.05, 0) is 20.8 Å². The van der Waals surface area contributed by atoms with Gasteiger partial charge in [0.15, 0.2) is 0 Å². The SMILES string of the molecule is CC(C)(C)n1cc(-c2cnn3c2CNCC3)cn1. The van der Waals surface area contributed by atoms with Crippen molar-refractivity contribution in [3.8, 4) is 11.1 Å². The van der Waals surface area contributed by atoms with Crippen molar-refractivity contribution in [2.24, 2.45) is 0 Å². The Hall–Kier alpha value is -1.62. The summed E-state index contributed by atoms with van der Waals surface area (Å²) in [5, 5.41) is 12.3. The molecule has 0 saturated heterocycles. The second kappa shape index (κ2) is 3.95. The molecule has 0 amide bonds. The van der Waals surface area contributed by atoms with Gasteiger partial charge in [0.25, 0.3) is 0 Å². The summed E-state index contributed by atoms with van der Waals surface area (Å²) in [6.45, 7) is 9.28. The maximum atomic E-state index is 4.45. The topological polar surface area (TPSA) is 47.7 Å². The van der Waals surface area contributed by atoms with Crippen LogP contribution >= 0.6 is 0 Å². The fourth-order valence-corrected chi connectivity index (χ4v) is 2.25. The van der Waals surface area contributed by atoms with Gasteiger partial charge in [-0.2, -0.15) is 10.2 Å². The van der Waals surface area contributed by atoms with Crippen LogP contribution in [-0.4, -0.2) is 26.1 Å². The lowest BCUT2D eigenvalue weighted by Crippen LogP contribution is -2.28. The Morgan fingerprint density at radius 1 is 1.22 bits per heavy atom. The molecule has 0 saturated carbocycles. The Morgan fingerprint density at radius 2 is 2.06 bits per heavy atom. The summed E-state index contributed by atoms with van der Waals surface area (Å²) in [6.07, 6.45) is 5.98. The van der Waals surface area contributed by atoms with E-state index in [2.05, 4.69) is 47.2 Å². The molecule has 2 aromatic heterocycles. The molecule has 0 aromatic carbocycles. The first-order chi connectivity index (χ1) is 8.55. The molecule has 5 nitrogen and oxygen atoms in total. The van der Waals surface area contributed by atoms with Crippen molar-refractivity contribution < 1.29 is 0 Å². The predicted molar refractivity (Wildman–Crippen MR) is 70.2 cm³/mol. The summed E-state index contributed by atoms with van der Waals surface area (Å²) in [4.78, 5) is 0. The van der Waals surface area contributed by atoms with Crippen LogP contribution in [0, 0.1) is 0 Å². The van der Waals surface area contributed by atoms with Crippen LogP contribution in [0.3, 0.4) is 0 Å². The third kappa shape index (κ3) is 1.84. The smallest absolute Gasteiger partial charge is 0.0602 e. The van der Waals surface area contributed by atoms with Gasteiger partial charge in [0.2, 0.25) is 0 Å². The molecule has 1 aliphatic heterocycles.